The third-order valence-corrected chi connectivity index (χ3v) is 4.73. The first-order valence-electron chi connectivity index (χ1n) is 8.06. The molecule has 1 atom stereocenters. The van der Waals surface area contributed by atoms with Crippen LogP contribution in [0.4, 0.5) is 0 Å². The summed E-state index contributed by atoms with van der Waals surface area (Å²) in [5, 5.41) is 3.77. The molecule has 126 valence electrons. The van der Waals surface area contributed by atoms with Crippen molar-refractivity contribution in [2.75, 3.05) is 26.3 Å². The molecule has 2 aliphatic rings. The number of carbonyl (C=O) groups is 1. The highest BCUT2D eigenvalue weighted by Crippen LogP contribution is 2.40. The highest BCUT2D eigenvalue weighted by atomic mass is 16.5. The molecule has 0 N–H and O–H groups in total. The summed E-state index contributed by atoms with van der Waals surface area (Å²) in [4.78, 5) is 18.1. The van der Waals surface area contributed by atoms with Crippen molar-refractivity contribution in [1.82, 2.24) is 15.0 Å². The zero-order chi connectivity index (χ0) is 16.6. The standard InChI is InChI=1S/C17H19N3O4/c1-12-7-15(24-19-12)16(21)20-10-17(11-20)13(4-6-23-17)9-22-14-3-2-5-18-8-14/h2-3,5,7-8,13H,4,6,9-11H2,1H3. The molecular weight excluding hydrogens is 310 g/mol. The van der Waals surface area contributed by atoms with Crippen LogP contribution in [-0.2, 0) is 4.74 Å². The van der Waals surface area contributed by atoms with Crippen LogP contribution in [0.3, 0.4) is 0 Å². The summed E-state index contributed by atoms with van der Waals surface area (Å²) in [5.41, 5.74) is 0.404. The molecule has 1 unspecified atom stereocenters. The van der Waals surface area contributed by atoms with E-state index in [2.05, 4.69) is 10.1 Å². The van der Waals surface area contributed by atoms with Gasteiger partial charge in [-0.2, -0.15) is 0 Å². The third-order valence-electron chi connectivity index (χ3n) is 4.73. The monoisotopic (exact) mass is 329 g/mol. The summed E-state index contributed by atoms with van der Waals surface area (Å²) >= 11 is 0. The zero-order valence-corrected chi connectivity index (χ0v) is 13.5. The van der Waals surface area contributed by atoms with Crippen LogP contribution in [-0.4, -0.2) is 52.9 Å². The van der Waals surface area contributed by atoms with Gasteiger partial charge in [0.1, 0.15) is 11.4 Å². The quantitative estimate of drug-likeness (QED) is 0.849. The van der Waals surface area contributed by atoms with Crippen LogP contribution in [0.15, 0.2) is 35.1 Å². The molecule has 2 aromatic rings. The third kappa shape index (κ3) is 2.65. The Morgan fingerprint density at radius 1 is 1.50 bits per heavy atom. The number of carbonyl (C=O) groups excluding carboxylic acids is 1. The molecule has 0 aliphatic carbocycles. The second-order valence-corrected chi connectivity index (χ2v) is 6.39. The van der Waals surface area contributed by atoms with Crippen molar-refractivity contribution in [3.05, 3.63) is 42.0 Å². The van der Waals surface area contributed by atoms with E-state index in [0.29, 0.717) is 32.0 Å². The van der Waals surface area contributed by atoms with Gasteiger partial charge in [-0.25, -0.2) is 0 Å². The summed E-state index contributed by atoms with van der Waals surface area (Å²) in [6.07, 6.45) is 4.35. The molecule has 1 spiro atoms. The number of rotatable bonds is 4. The maximum absolute atomic E-state index is 12.4. The van der Waals surface area contributed by atoms with E-state index in [1.807, 2.05) is 12.1 Å². The summed E-state index contributed by atoms with van der Waals surface area (Å²) in [5.74, 6) is 1.16. The molecule has 4 heterocycles. The van der Waals surface area contributed by atoms with E-state index in [9.17, 15) is 4.79 Å². The molecule has 2 aromatic heterocycles. The Hall–Kier alpha value is -2.41. The molecule has 0 aromatic carbocycles. The molecule has 2 aliphatic heterocycles. The molecule has 2 fully saturated rings. The number of aromatic nitrogens is 2. The second-order valence-electron chi connectivity index (χ2n) is 6.39. The lowest BCUT2D eigenvalue weighted by Gasteiger charge is -2.49. The van der Waals surface area contributed by atoms with Crippen LogP contribution in [0.5, 0.6) is 5.75 Å². The van der Waals surface area contributed by atoms with Gasteiger partial charge in [-0.05, 0) is 25.5 Å². The van der Waals surface area contributed by atoms with Crippen LogP contribution < -0.4 is 4.74 Å². The first kappa shape index (κ1) is 15.1. The van der Waals surface area contributed by atoms with Crippen molar-refractivity contribution >= 4 is 5.91 Å². The molecule has 4 rings (SSSR count). The lowest BCUT2D eigenvalue weighted by molar-refractivity contribution is -0.122. The topological polar surface area (TPSA) is 77.7 Å². The van der Waals surface area contributed by atoms with Crippen LogP contribution >= 0.6 is 0 Å². The Kier molecular flexibility index (Phi) is 3.72. The predicted octanol–water partition coefficient (Wildman–Crippen LogP) is 1.69. The van der Waals surface area contributed by atoms with E-state index < -0.39 is 0 Å². The van der Waals surface area contributed by atoms with Gasteiger partial charge in [0.05, 0.1) is 31.6 Å². The Bertz CT molecular complexity index is 724. The fourth-order valence-corrected chi connectivity index (χ4v) is 3.36. The van der Waals surface area contributed by atoms with Gasteiger partial charge in [0, 0.05) is 24.8 Å². The maximum atomic E-state index is 12.4. The summed E-state index contributed by atoms with van der Waals surface area (Å²) in [6, 6.07) is 5.39. The van der Waals surface area contributed by atoms with Gasteiger partial charge < -0.3 is 18.9 Å². The van der Waals surface area contributed by atoms with Gasteiger partial charge in [-0.3, -0.25) is 9.78 Å². The number of hydrogen-bond acceptors (Lipinski definition) is 6. The molecule has 24 heavy (non-hydrogen) atoms. The molecule has 0 radical (unpaired) electrons. The molecule has 1 amide bonds. The average Bonchev–Trinajstić information content (AvgIpc) is 3.18. The minimum absolute atomic E-state index is 0.136. The number of amides is 1. The first-order valence-corrected chi connectivity index (χ1v) is 8.06. The Morgan fingerprint density at radius 2 is 2.38 bits per heavy atom. The Balaban J connectivity index is 1.36. The van der Waals surface area contributed by atoms with Crippen LogP contribution in [0, 0.1) is 12.8 Å². The van der Waals surface area contributed by atoms with Crippen LogP contribution in [0.1, 0.15) is 22.7 Å². The fraction of sp³-hybridized carbons (Fsp3) is 0.471. The molecule has 7 nitrogen and oxygen atoms in total. The first-order chi connectivity index (χ1) is 11.7. The van der Waals surface area contributed by atoms with E-state index >= 15 is 0 Å². The van der Waals surface area contributed by atoms with Crippen molar-refractivity contribution in [1.29, 1.82) is 0 Å². The van der Waals surface area contributed by atoms with Gasteiger partial charge in [0.2, 0.25) is 5.76 Å². The van der Waals surface area contributed by atoms with E-state index in [0.717, 1.165) is 12.2 Å². The smallest absolute Gasteiger partial charge is 0.292 e. The summed E-state index contributed by atoms with van der Waals surface area (Å²) in [7, 11) is 0. The molecular formula is C17H19N3O4. The van der Waals surface area contributed by atoms with E-state index in [1.165, 1.54) is 0 Å². The van der Waals surface area contributed by atoms with Crippen molar-refractivity contribution in [3.8, 4) is 5.75 Å². The number of likely N-dealkylation sites (tertiary alicyclic amines) is 1. The van der Waals surface area contributed by atoms with Crippen molar-refractivity contribution < 1.29 is 18.8 Å². The number of ether oxygens (including phenoxy) is 2. The minimum atomic E-state index is -0.299. The molecule has 2 saturated heterocycles. The van der Waals surface area contributed by atoms with Gasteiger partial charge >= 0.3 is 0 Å². The largest absolute Gasteiger partial charge is 0.492 e. The Morgan fingerprint density at radius 3 is 3.08 bits per heavy atom. The Labute approximate surface area is 139 Å². The number of nitrogens with zero attached hydrogens (tertiary/aromatic N) is 3. The highest BCUT2D eigenvalue weighted by molar-refractivity contribution is 5.92. The van der Waals surface area contributed by atoms with E-state index in [4.69, 9.17) is 14.0 Å². The fourth-order valence-electron chi connectivity index (χ4n) is 3.36. The summed E-state index contributed by atoms with van der Waals surface area (Å²) < 4.78 is 16.8. The number of aryl methyl sites for hydroxylation is 1. The van der Waals surface area contributed by atoms with Gasteiger partial charge in [-0.15, -0.1) is 0 Å². The van der Waals surface area contributed by atoms with Crippen LogP contribution in [0.25, 0.3) is 0 Å². The van der Waals surface area contributed by atoms with Crippen molar-refractivity contribution in [2.24, 2.45) is 5.92 Å². The zero-order valence-electron chi connectivity index (χ0n) is 13.5. The second kappa shape index (κ2) is 5.90. The average molecular weight is 329 g/mol. The summed E-state index contributed by atoms with van der Waals surface area (Å²) in [6.45, 7) is 4.18. The van der Waals surface area contributed by atoms with Crippen molar-refractivity contribution in [3.63, 3.8) is 0 Å². The number of hydrogen-bond donors (Lipinski definition) is 0. The maximum Gasteiger partial charge on any atom is 0.292 e. The van der Waals surface area contributed by atoms with E-state index in [-0.39, 0.29) is 23.2 Å². The highest BCUT2D eigenvalue weighted by Gasteiger charge is 2.55. The number of pyridine rings is 1. The lowest BCUT2D eigenvalue weighted by Crippen LogP contribution is -2.66. The molecule has 0 saturated carbocycles. The molecule has 7 heteroatoms. The molecule has 0 bridgehead atoms. The van der Waals surface area contributed by atoms with Crippen molar-refractivity contribution in [2.45, 2.75) is 18.9 Å². The SMILES string of the molecule is Cc1cc(C(=O)N2CC3(C2)OCCC3COc2cccnc2)on1. The predicted molar refractivity (Wildman–Crippen MR) is 83.7 cm³/mol. The van der Waals surface area contributed by atoms with E-state index in [1.54, 1.807) is 30.3 Å². The van der Waals surface area contributed by atoms with Crippen LogP contribution in [0.2, 0.25) is 0 Å². The normalized spacial score (nSPS) is 21.7. The minimum Gasteiger partial charge on any atom is -0.492 e. The lowest BCUT2D eigenvalue weighted by atomic mass is 9.81. The van der Waals surface area contributed by atoms with Gasteiger partial charge in [-0.1, -0.05) is 5.16 Å². The van der Waals surface area contributed by atoms with Gasteiger partial charge in [0.15, 0.2) is 0 Å². The van der Waals surface area contributed by atoms with Gasteiger partial charge in [0.25, 0.3) is 5.91 Å².